The lowest BCUT2D eigenvalue weighted by Crippen LogP contribution is -2.53. The standard InChI is InChI=1S/C32H32ClN3O4S/c1-24-10-9-15-28(20-24)36(41(39,40)29-18-16-27(33)17-19-29)23-31(37)35(22-26-13-7-4-8-14-26)30(32(38)34-2)21-25-11-5-3-6-12-25/h3-20,30H,21-23H2,1-2H3,(H,34,38)/t30-/m0/s1. The lowest BCUT2D eigenvalue weighted by molar-refractivity contribution is -0.139. The molecule has 4 aromatic rings. The molecule has 4 rings (SSSR count). The van der Waals surface area contributed by atoms with E-state index in [0.29, 0.717) is 10.7 Å². The summed E-state index contributed by atoms with van der Waals surface area (Å²) in [6.45, 7) is 1.46. The number of carbonyl (C=O) groups is 2. The molecule has 1 N–H and O–H groups in total. The van der Waals surface area contributed by atoms with Crippen LogP contribution in [0.4, 0.5) is 5.69 Å². The molecule has 41 heavy (non-hydrogen) atoms. The van der Waals surface area contributed by atoms with Crippen LogP contribution in [0.25, 0.3) is 0 Å². The average Bonchev–Trinajstić information content (AvgIpc) is 2.98. The van der Waals surface area contributed by atoms with Crippen LogP contribution in [-0.2, 0) is 32.6 Å². The SMILES string of the molecule is CNC(=O)[C@H](Cc1ccccc1)N(Cc1ccccc1)C(=O)CN(c1cccc(C)c1)S(=O)(=O)c1ccc(Cl)cc1. The van der Waals surface area contributed by atoms with E-state index >= 15 is 0 Å². The van der Waals surface area contributed by atoms with Crippen molar-refractivity contribution >= 4 is 39.1 Å². The van der Waals surface area contributed by atoms with Crippen molar-refractivity contribution in [2.45, 2.75) is 30.8 Å². The fourth-order valence-electron chi connectivity index (χ4n) is 4.55. The highest BCUT2D eigenvalue weighted by Gasteiger charge is 2.34. The van der Waals surface area contributed by atoms with E-state index in [1.165, 1.54) is 36.2 Å². The van der Waals surface area contributed by atoms with Crippen molar-refractivity contribution in [3.8, 4) is 0 Å². The molecule has 212 valence electrons. The van der Waals surface area contributed by atoms with Gasteiger partial charge in [-0.25, -0.2) is 8.42 Å². The largest absolute Gasteiger partial charge is 0.357 e. The lowest BCUT2D eigenvalue weighted by atomic mass is 10.0. The van der Waals surface area contributed by atoms with Crippen LogP contribution in [0.15, 0.2) is 114 Å². The van der Waals surface area contributed by atoms with Crippen LogP contribution in [0.2, 0.25) is 5.02 Å². The molecule has 9 heteroatoms. The number of likely N-dealkylation sites (N-methyl/N-ethyl adjacent to an activating group) is 1. The quantitative estimate of drug-likeness (QED) is 0.260. The van der Waals surface area contributed by atoms with Crippen molar-refractivity contribution in [1.82, 2.24) is 10.2 Å². The first kappa shape index (κ1) is 29.8. The van der Waals surface area contributed by atoms with Crippen LogP contribution < -0.4 is 9.62 Å². The second-order valence-electron chi connectivity index (χ2n) is 9.63. The minimum atomic E-state index is -4.17. The van der Waals surface area contributed by atoms with Gasteiger partial charge in [0.25, 0.3) is 10.0 Å². The van der Waals surface area contributed by atoms with Crippen LogP contribution in [0.3, 0.4) is 0 Å². The van der Waals surface area contributed by atoms with E-state index in [9.17, 15) is 18.0 Å². The first-order valence-corrected chi connectivity index (χ1v) is 14.9. The van der Waals surface area contributed by atoms with Gasteiger partial charge in [0.05, 0.1) is 10.6 Å². The number of benzene rings is 4. The number of anilines is 1. The van der Waals surface area contributed by atoms with Crippen LogP contribution in [0.5, 0.6) is 0 Å². The molecule has 0 aliphatic heterocycles. The smallest absolute Gasteiger partial charge is 0.264 e. The third-order valence-corrected chi connectivity index (χ3v) is 8.72. The number of aryl methyl sites for hydroxylation is 1. The van der Waals surface area contributed by atoms with Gasteiger partial charge in [0.15, 0.2) is 0 Å². The van der Waals surface area contributed by atoms with Gasteiger partial charge in [-0.1, -0.05) is 84.4 Å². The summed E-state index contributed by atoms with van der Waals surface area (Å²) in [7, 11) is -2.65. The van der Waals surface area contributed by atoms with Gasteiger partial charge in [0, 0.05) is 25.0 Å². The Labute approximate surface area is 246 Å². The zero-order valence-electron chi connectivity index (χ0n) is 22.9. The average molecular weight is 590 g/mol. The number of amides is 2. The molecule has 2 amide bonds. The number of nitrogens with zero attached hydrogens (tertiary/aromatic N) is 2. The van der Waals surface area contributed by atoms with Crippen molar-refractivity contribution in [1.29, 1.82) is 0 Å². The maximum atomic E-state index is 14.2. The fourth-order valence-corrected chi connectivity index (χ4v) is 6.08. The fraction of sp³-hybridized carbons (Fsp3) is 0.188. The number of rotatable bonds is 11. The molecule has 0 saturated carbocycles. The normalized spacial score (nSPS) is 11.9. The monoisotopic (exact) mass is 589 g/mol. The molecule has 0 radical (unpaired) electrons. The van der Waals surface area contributed by atoms with E-state index in [1.807, 2.05) is 73.7 Å². The molecule has 0 aliphatic carbocycles. The van der Waals surface area contributed by atoms with E-state index in [4.69, 9.17) is 11.6 Å². The molecule has 1 atom stereocenters. The Morgan fingerprint density at radius 1 is 0.829 bits per heavy atom. The molecule has 0 saturated heterocycles. The summed E-state index contributed by atoms with van der Waals surface area (Å²) in [6.07, 6.45) is 0.257. The number of nitrogens with one attached hydrogen (secondary N) is 1. The van der Waals surface area contributed by atoms with Crippen molar-refractivity contribution in [2.75, 3.05) is 17.9 Å². The second-order valence-corrected chi connectivity index (χ2v) is 11.9. The van der Waals surface area contributed by atoms with Crippen molar-refractivity contribution < 1.29 is 18.0 Å². The van der Waals surface area contributed by atoms with Crippen LogP contribution in [-0.4, -0.2) is 44.8 Å². The van der Waals surface area contributed by atoms with Crippen molar-refractivity contribution in [3.05, 3.63) is 131 Å². The predicted octanol–water partition coefficient (Wildman–Crippen LogP) is 5.23. The molecule has 0 spiro atoms. The Balaban J connectivity index is 1.77. The molecule has 0 bridgehead atoms. The van der Waals surface area contributed by atoms with E-state index in [2.05, 4.69) is 5.32 Å². The van der Waals surface area contributed by atoms with Gasteiger partial charge in [-0.05, 0) is 60.0 Å². The van der Waals surface area contributed by atoms with E-state index in [1.54, 1.807) is 18.2 Å². The first-order chi connectivity index (χ1) is 19.7. The first-order valence-electron chi connectivity index (χ1n) is 13.1. The van der Waals surface area contributed by atoms with Gasteiger partial charge >= 0.3 is 0 Å². The second kappa shape index (κ2) is 13.5. The van der Waals surface area contributed by atoms with Crippen molar-refractivity contribution in [3.63, 3.8) is 0 Å². The van der Waals surface area contributed by atoms with E-state index in [0.717, 1.165) is 21.0 Å². The number of hydrogen-bond acceptors (Lipinski definition) is 4. The van der Waals surface area contributed by atoms with Crippen LogP contribution >= 0.6 is 11.6 Å². The Bertz CT molecular complexity index is 1580. The number of carbonyl (C=O) groups excluding carboxylic acids is 2. The van der Waals surface area contributed by atoms with Crippen LogP contribution in [0, 0.1) is 6.92 Å². The summed E-state index contributed by atoms with van der Waals surface area (Å²) >= 11 is 6.02. The van der Waals surface area contributed by atoms with Gasteiger partial charge in [-0.3, -0.25) is 13.9 Å². The van der Waals surface area contributed by atoms with Gasteiger partial charge < -0.3 is 10.2 Å². The summed E-state index contributed by atoms with van der Waals surface area (Å²) in [5.41, 5.74) is 2.86. The number of sulfonamides is 1. The third-order valence-electron chi connectivity index (χ3n) is 6.68. The zero-order valence-corrected chi connectivity index (χ0v) is 24.5. The van der Waals surface area contributed by atoms with Gasteiger partial charge in [0.2, 0.25) is 11.8 Å². The van der Waals surface area contributed by atoms with Gasteiger partial charge in [0.1, 0.15) is 12.6 Å². The van der Waals surface area contributed by atoms with Gasteiger partial charge in [-0.2, -0.15) is 0 Å². The third kappa shape index (κ3) is 7.54. The molecular formula is C32H32ClN3O4S. The molecule has 7 nitrogen and oxygen atoms in total. The summed E-state index contributed by atoms with van der Waals surface area (Å²) < 4.78 is 29.0. The summed E-state index contributed by atoms with van der Waals surface area (Å²) in [6, 6.07) is 30.6. The highest BCUT2D eigenvalue weighted by atomic mass is 35.5. The Kier molecular flexibility index (Phi) is 9.81. The van der Waals surface area contributed by atoms with Gasteiger partial charge in [-0.15, -0.1) is 0 Å². The number of halogens is 1. The molecular weight excluding hydrogens is 558 g/mol. The molecule has 4 aromatic carbocycles. The summed E-state index contributed by atoms with van der Waals surface area (Å²) in [5.74, 6) is -0.863. The highest BCUT2D eigenvalue weighted by Crippen LogP contribution is 2.26. The van der Waals surface area contributed by atoms with E-state index in [-0.39, 0.29) is 23.8 Å². The Hall–Kier alpha value is -4.14. The number of hydrogen-bond donors (Lipinski definition) is 1. The maximum absolute atomic E-state index is 14.2. The molecule has 0 aromatic heterocycles. The Morgan fingerprint density at radius 2 is 1.44 bits per heavy atom. The topological polar surface area (TPSA) is 86.8 Å². The van der Waals surface area contributed by atoms with E-state index < -0.39 is 28.5 Å². The minimum absolute atomic E-state index is 0.00190. The molecule has 0 fully saturated rings. The molecule has 0 heterocycles. The predicted molar refractivity (Wildman–Crippen MR) is 162 cm³/mol. The van der Waals surface area contributed by atoms with Crippen LogP contribution in [0.1, 0.15) is 16.7 Å². The highest BCUT2D eigenvalue weighted by molar-refractivity contribution is 7.92. The lowest BCUT2D eigenvalue weighted by Gasteiger charge is -2.33. The molecule has 0 aliphatic rings. The zero-order chi connectivity index (χ0) is 29.4. The van der Waals surface area contributed by atoms with Crippen molar-refractivity contribution in [2.24, 2.45) is 0 Å². The summed E-state index contributed by atoms with van der Waals surface area (Å²) in [5, 5.41) is 3.08. The maximum Gasteiger partial charge on any atom is 0.264 e. The Morgan fingerprint density at radius 3 is 2.02 bits per heavy atom. The minimum Gasteiger partial charge on any atom is -0.357 e. The molecule has 0 unspecified atom stereocenters. The summed E-state index contributed by atoms with van der Waals surface area (Å²) in [4.78, 5) is 28.9.